The summed E-state index contributed by atoms with van der Waals surface area (Å²) in [7, 11) is 0. The number of aliphatic hydroxyl groups excluding tert-OH is 1. The Hall–Kier alpha value is -2.25. The molecular weight excluding hydrogens is 370 g/mol. The van der Waals surface area contributed by atoms with E-state index in [0.29, 0.717) is 48.1 Å². The second-order valence-corrected chi connectivity index (χ2v) is 7.49. The van der Waals surface area contributed by atoms with Crippen LogP contribution in [0.3, 0.4) is 0 Å². The molecule has 1 amide bonds. The Labute approximate surface area is 162 Å². The van der Waals surface area contributed by atoms with E-state index in [4.69, 9.17) is 21.1 Å². The molecule has 0 saturated heterocycles. The Morgan fingerprint density at radius 2 is 2.19 bits per heavy atom. The summed E-state index contributed by atoms with van der Waals surface area (Å²) < 4.78 is 13.2. The highest BCUT2D eigenvalue weighted by molar-refractivity contribution is 6.32. The molecule has 2 aliphatic rings. The molecular formula is C19H22ClN3O4. The number of carbonyl (C=O) groups is 1. The summed E-state index contributed by atoms with van der Waals surface area (Å²) in [4.78, 5) is 16.7. The lowest BCUT2D eigenvalue weighted by Crippen LogP contribution is -2.39. The molecule has 1 aromatic carbocycles. The fraction of sp³-hybridized carbons (Fsp3) is 0.474. The summed E-state index contributed by atoms with van der Waals surface area (Å²) in [6.45, 7) is 1.83. The van der Waals surface area contributed by atoms with Crippen LogP contribution in [-0.4, -0.2) is 45.9 Å². The number of halogens is 1. The summed E-state index contributed by atoms with van der Waals surface area (Å²) in [6.07, 6.45) is 6.94. The van der Waals surface area contributed by atoms with Crippen LogP contribution in [-0.2, 0) is 6.54 Å². The van der Waals surface area contributed by atoms with Gasteiger partial charge < -0.3 is 24.5 Å². The predicted octanol–water partition coefficient (Wildman–Crippen LogP) is 2.27. The van der Waals surface area contributed by atoms with E-state index in [1.54, 1.807) is 24.7 Å². The first kappa shape index (κ1) is 18.1. The average molecular weight is 392 g/mol. The molecule has 1 saturated carbocycles. The average Bonchev–Trinajstić information content (AvgIpc) is 3.18. The maximum Gasteiger partial charge on any atom is 0.251 e. The molecule has 8 heteroatoms. The number of aliphatic hydroxyl groups is 1. The molecule has 4 rings (SSSR count). The van der Waals surface area contributed by atoms with Crippen LogP contribution in [0.5, 0.6) is 11.5 Å². The van der Waals surface area contributed by atoms with Gasteiger partial charge in [-0.15, -0.1) is 0 Å². The third-order valence-electron chi connectivity index (χ3n) is 5.04. The van der Waals surface area contributed by atoms with Crippen LogP contribution >= 0.6 is 11.6 Å². The quantitative estimate of drug-likeness (QED) is 0.835. The Morgan fingerprint density at radius 3 is 3.00 bits per heavy atom. The fourth-order valence-corrected chi connectivity index (χ4v) is 3.99. The zero-order valence-electron chi connectivity index (χ0n) is 14.8. The molecule has 2 N–H and O–H groups in total. The van der Waals surface area contributed by atoms with Gasteiger partial charge in [0.2, 0.25) is 0 Å². The van der Waals surface area contributed by atoms with Gasteiger partial charge in [-0.3, -0.25) is 4.79 Å². The topological polar surface area (TPSA) is 85.6 Å². The lowest BCUT2D eigenvalue weighted by atomic mass is 10.1. The number of hydrogen-bond donors (Lipinski definition) is 2. The number of nitrogens with one attached hydrogen (secondary N) is 1. The third kappa shape index (κ3) is 4.04. The summed E-state index contributed by atoms with van der Waals surface area (Å²) in [5, 5.41) is 13.6. The number of ether oxygens (including phenoxy) is 2. The smallest absolute Gasteiger partial charge is 0.251 e. The molecule has 1 aromatic heterocycles. The standard InChI is InChI=1S/C19H22ClN3O4/c20-14-8-13(9-17-18(14)27-5-1-4-26-17)19(25)22-15-6-12(7-16(15)24)10-23-3-2-21-11-23/h2-3,8-9,11-12,15-16,24H,1,4-7,10H2,(H,22,25)/t12?,15-,16-/m1/s1. The van der Waals surface area contributed by atoms with E-state index < -0.39 is 6.10 Å². The van der Waals surface area contributed by atoms with Crippen molar-refractivity contribution in [2.24, 2.45) is 5.92 Å². The van der Waals surface area contributed by atoms with Crippen LogP contribution in [0.4, 0.5) is 0 Å². The number of fused-ring (bicyclic) bond motifs is 1. The van der Waals surface area contributed by atoms with E-state index >= 15 is 0 Å². The fourth-order valence-electron chi connectivity index (χ4n) is 3.73. The number of amides is 1. The number of aromatic nitrogens is 2. The van der Waals surface area contributed by atoms with Gasteiger partial charge in [0, 0.05) is 30.9 Å². The molecule has 2 heterocycles. The first-order valence-electron chi connectivity index (χ1n) is 9.14. The molecule has 7 nitrogen and oxygen atoms in total. The normalized spacial score (nSPS) is 24.4. The Bertz CT molecular complexity index is 812. The molecule has 27 heavy (non-hydrogen) atoms. The van der Waals surface area contributed by atoms with Gasteiger partial charge in [0.1, 0.15) is 0 Å². The first-order chi connectivity index (χ1) is 13.1. The van der Waals surface area contributed by atoms with Crippen molar-refractivity contribution in [3.63, 3.8) is 0 Å². The van der Waals surface area contributed by atoms with Crippen molar-refractivity contribution >= 4 is 17.5 Å². The summed E-state index contributed by atoms with van der Waals surface area (Å²) in [5.74, 6) is 0.967. The van der Waals surface area contributed by atoms with E-state index in [1.807, 2.05) is 10.8 Å². The van der Waals surface area contributed by atoms with E-state index in [9.17, 15) is 9.90 Å². The maximum atomic E-state index is 12.7. The van der Waals surface area contributed by atoms with Gasteiger partial charge >= 0.3 is 0 Å². The van der Waals surface area contributed by atoms with E-state index in [1.165, 1.54) is 0 Å². The van der Waals surface area contributed by atoms with Crippen LogP contribution in [0.2, 0.25) is 5.02 Å². The number of carbonyl (C=O) groups excluding carboxylic acids is 1. The third-order valence-corrected chi connectivity index (χ3v) is 5.32. The summed E-state index contributed by atoms with van der Waals surface area (Å²) in [6, 6.07) is 2.93. The molecule has 0 spiro atoms. The largest absolute Gasteiger partial charge is 0.489 e. The molecule has 0 bridgehead atoms. The number of imidazole rings is 1. The Kier molecular flexibility index (Phi) is 5.22. The van der Waals surface area contributed by atoms with Gasteiger partial charge in [0.05, 0.1) is 36.7 Å². The van der Waals surface area contributed by atoms with Crippen molar-refractivity contribution in [2.75, 3.05) is 13.2 Å². The van der Waals surface area contributed by atoms with Crippen molar-refractivity contribution < 1.29 is 19.4 Å². The second-order valence-electron chi connectivity index (χ2n) is 7.08. The highest BCUT2D eigenvalue weighted by Gasteiger charge is 2.34. The van der Waals surface area contributed by atoms with Crippen LogP contribution in [0.15, 0.2) is 30.9 Å². The molecule has 2 aromatic rings. The Balaban J connectivity index is 1.43. The monoisotopic (exact) mass is 391 g/mol. The predicted molar refractivity (Wildman–Crippen MR) is 99.3 cm³/mol. The van der Waals surface area contributed by atoms with Crippen LogP contribution < -0.4 is 14.8 Å². The SMILES string of the molecule is O=C(N[C@@H]1CC(Cn2ccnc2)C[C@H]1O)c1cc(Cl)c2c(c1)OCCCO2. The molecule has 3 atom stereocenters. The van der Waals surface area contributed by atoms with Crippen LogP contribution in [0.1, 0.15) is 29.6 Å². The van der Waals surface area contributed by atoms with E-state index in [2.05, 4.69) is 10.3 Å². The molecule has 1 fully saturated rings. The molecule has 144 valence electrons. The molecule has 1 unspecified atom stereocenters. The molecule has 1 aliphatic heterocycles. The van der Waals surface area contributed by atoms with Crippen molar-refractivity contribution in [3.8, 4) is 11.5 Å². The number of nitrogens with zero attached hydrogens (tertiary/aromatic N) is 2. The van der Waals surface area contributed by atoms with Gasteiger partial charge in [-0.25, -0.2) is 4.98 Å². The number of benzene rings is 1. The Morgan fingerprint density at radius 1 is 1.33 bits per heavy atom. The minimum Gasteiger partial charge on any atom is -0.489 e. The molecule has 1 aliphatic carbocycles. The van der Waals surface area contributed by atoms with Gasteiger partial charge in [-0.05, 0) is 30.9 Å². The van der Waals surface area contributed by atoms with E-state index in [-0.39, 0.29) is 17.9 Å². The minimum absolute atomic E-state index is 0.278. The minimum atomic E-state index is -0.571. The van der Waals surface area contributed by atoms with Crippen molar-refractivity contribution in [3.05, 3.63) is 41.4 Å². The maximum absolute atomic E-state index is 12.7. The van der Waals surface area contributed by atoms with Crippen molar-refractivity contribution in [2.45, 2.75) is 38.0 Å². The van der Waals surface area contributed by atoms with Crippen LogP contribution in [0, 0.1) is 5.92 Å². The first-order valence-corrected chi connectivity index (χ1v) is 9.52. The van der Waals surface area contributed by atoms with Crippen LogP contribution in [0.25, 0.3) is 0 Å². The lowest BCUT2D eigenvalue weighted by Gasteiger charge is -2.17. The highest BCUT2D eigenvalue weighted by atomic mass is 35.5. The van der Waals surface area contributed by atoms with Crippen molar-refractivity contribution in [1.29, 1.82) is 0 Å². The summed E-state index contributed by atoms with van der Waals surface area (Å²) in [5.41, 5.74) is 0.398. The van der Waals surface area contributed by atoms with Crippen molar-refractivity contribution in [1.82, 2.24) is 14.9 Å². The zero-order valence-corrected chi connectivity index (χ0v) is 15.6. The van der Waals surface area contributed by atoms with Gasteiger partial charge in [-0.1, -0.05) is 11.6 Å². The summed E-state index contributed by atoms with van der Waals surface area (Å²) >= 11 is 6.27. The number of hydrogen-bond acceptors (Lipinski definition) is 5. The lowest BCUT2D eigenvalue weighted by molar-refractivity contribution is 0.0872. The number of rotatable bonds is 4. The highest BCUT2D eigenvalue weighted by Crippen LogP contribution is 2.38. The van der Waals surface area contributed by atoms with Gasteiger partial charge in [0.15, 0.2) is 11.5 Å². The molecule has 0 radical (unpaired) electrons. The van der Waals surface area contributed by atoms with Gasteiger partial charge in [-0.2, -0.15) is 0 Å². The van der Waals surface area contributed by atoms with Gasteiger partial charge in [0.25, 0.3) is 5.91 Å². The second kappa shape index (κ2) is 7.78. The van der Waals surface area contributed by atoms with E-state index in [0.717, 1.165) is 13.0 Å². The zero-order chi connectivity index (χ0) is 18.8.